The largest absolute Gasteiger partial charge is 0.468 e. The molecule has 128 valence electrons. The van der Waals surface area contributed by atoms with Gasteiger partial charge in [0.05, 0.1) is 12.8 Å². The fraction of sp³-hybridized carbons (Fsp3) is 0.722. The number of amides is 2. The summed E-state index contributed by atoms with van der Waals surface area (Å²) in [6.45, 7) is 7.43. The molecule has 1 N–H and O–H groups in total. The molecule has 2 atom stereocenters. The molecule has 2 unspecified atom stereocenters. The molecule has 3 rings (SSSR count). The molecule has 1 saturated carbocycles. The molecule has 1 aliphatic carbocycles. The van der Waals surface area contributed by atoms with Crippen LogP contribution in [-0.4, -0.2) is 48.6 Å². The first-order valence-electron chi connectivity index (χ1n) is 8.98. The molecule has 1 saturated heterocycles. The molecular formula is C18H29N3O2. The van der Waals surface area contributed by atoms with Crippen molar-refractivity contribution in [3.63, 3.8) is 0 Å². The molecule has 0 spiro atoms. The van der Waals surface area contributed by atoms with Gasteiger partial charge in [0.2, 0.25) is 0 Å². The molecular weight excluding hydrogens is 290 g/mol. The van der Waals surface area contributed by atoms with Crippen molar-refractivity contribution >= 4 is 6.03 Å². The third-order valence-electron chi connectivity index (χ3n) is 5.21. The molecule has 1 aromatic rings. The summed E-state index contributed by atoms with van der Waals surface area (Å²) in [5.74, 6) is 2.48. The Balaban J connectivity index is 1.36. The van der Waals surface area contributed by atoms with E-state index in [4.69, 9.17) is 4.42 Å². The molecule has 23 heavy (non-hydrogen) atoms. The van der Waals surface area contributed by atoms with Crippen molar-refractivity contribution in [3.05, 3.63) is 24.2 Å². The summed E-state index contributed by atoms with van der Waals surface area (Å²) < 4.78 is 5.39. The summed E-state index contributed by atoms with van der Waals surface area (Å²) in [5, 5.41) is 3.15. The van der Waals surface area contributed by atoms with Gasteiger partial charge in [-0.15, -0.1) is 0 Å². The van der Waals surface area contributed by atoms with Gasteiger partial charge in [-0.1, -0.05) is 19.8 Å². The standard InChI is InChI=1S/C18H29N3O2/c1-15-4-2-5-16(12-15)13-19-18(22)21-9-7-20(8-10-21)14-17-6-3-11-23-17/h3,6,11,15-16H,2,4-5,7-10,12-14H2,1H3,(H,19,22). The number of piperazine rings is 1. The van der Waals surface area contributed by atoms with Gasteiger partial charge in [-0.25, -0.2) is 4.79 Å². The summed E-state index contributed by atoms with van der Waals surface area (Å²) in [7, 11) is 0. The fourth-order valence-corrected chi connectivity index (χ4v) is 3.82. The average Bonchev–Trinajstić information content (AvgIpc) is 3.06. The second-order valence-electron chi connectivity index (χ2n) is 7.17. The number of furan rings is 1. The summed E-state index contributed by atoms with van der Waals surface area (Å²) in [6.07, 6.45) is 6.90. The maximum absolute atomic E-state index is 12.3. The van der Waals surface area contributed by atoms with Gasteiger partial charge in [0.1, 0.15) is 5.76 Å². The summed E-state index contributed by atoms with van der Waals surface area (Å²) in [6, 6.07) is 4.04. The molecule has 0 bridgehead atoms. The van der Waals surface area contributed by atoms with Crippen molar-refractivity contribution in [1.29, 1.82) is 0 Å². The van der Waals surface area contributed by atoms with Crippen LogP contribution in [0.15, 0.2) is 22.8 Å². The summed E-state index contributed by atoms with van der Waals surface area (Å²) in [5.41, 5.74) is 0. The lowest BCUT2D eigenvalue weighted by molar-refractivity contribution is 0.128. The predicted octanol–water partition coefficient (Wildman–Crippen LogP) is 2.93. The zero-order valence-electron chi connectivity index (χ0n) is 14.2. The van der Waals surface area contributed by atoms with Gasteiger partial charge in [-0.3, -0.25) is 4.90 Å². The van der Waals surface area contributed by atoms with Crippen LogP contribution in [-0.2, 0) is 6.54 Å². The highest BCUT2D eigenvalue weighted by atomic mass is 16.3. The Morgan fingerprint density at radius 3 is 2.83 bits per heavy atom. The Morgan fingerprint density at radius 2 is 2.13 bits per heavy atom. The molecule has 2 fully saturated rings. The monoisotopic (exact) mass is 319 g/mol. The van der Waals surface area contributed by atoms with Crippen LogP contribution in [0.2, 0.25) is 0 Å². The quantitative estimate of drug-likeness (QED) is 0.928. The van der Waals surface area contributed by atoms with Crippen LogP contribution < -0.4 is 5.32 Å². The predicted molar refractivity (Wildman–Crippen MR) is 90.1 cm³/mol. The van der Waals surface area contributed by atoms with Crippen LogP contribution in [0, 0.1) is 11.8 Å². The first-order valence-corrected chi connectivity index (χ1v) is 8.98. The van der Waals surface area contributed by atoms with Crippen LogP contribution in [0.25, 0.3) is 0 Å². The number of carbonyl (C=O) groups excluding carboxylic acids is 1. The van der Waals surface area contributed by atoms with Crippen LogP contribution in [0.3, 0.4) is 0 Å². The zero-order valence-corrected chi connectivity index (χ0v) is 14.2. The van der Waals surface area contributed by atoms with Gasteiger partial charge >= 0.3 is 6.03 Å². The maximum Gasteiger partial charge on any atom is 0.317 e. The number of urea groups is 1. The molecule has 0 radical (unpaired) electrons. The summed E-state index contributed by atoms with van der Waals surface area (Å²) >= 11 is 0. The number of nitrogens with one attached hydrogen (secondary N) is 1. The molecule has 0 aromatic carbocycles. The van der Waals surface area contributed by atoms with E-state index >= 15 is 0 Å². The average molecular weight is 319 g/mol. The Morgan fingerprint density at radius 1 is 1.30 bits per heavy atom. The van der Waals surface area contributed by atoms with Gasteiger partial charge in [0.15, 0.2) is 0 Å². The van der Waals surface area contributed by atoms with E-state index < -0.39 is 0 Å². The van der Waals surface area contributed by atoms with Crippen molar-refractivity contribution in [2.24, 2.45) is 11.8 Å². The van der Waals surface area contributed by atoms with Gasteiger partial charge in [0, 0.05) is 32.7 Å². The second-order valence-corrected chi connectivity index (χ2v) is 7.17. The van der Waals surface area contributed by atoms with E-state index in [0.717, 1.165) is 50.9 Å². The van der Waals surface area contributed by atoms with E-state index in [9.17, 15) is 4.79 Å². The van der Waals surface area contributed by atoms with Crippen LogP contribution in [0.1, 0.15) is 38.4 Å². The number of carbonyl (C=O) groups is 1. The van der Waals surface area contributed by atoms with Gasteiger partial charge in [-0.05, 0) is 36.8 Å². The molecule has 2 aliphatic rings. The lowest BCUT2D eigenvalue weighted by Gasteiger charge is -2.35. The van der Waals surface area contributed by atoms with E-state index in [2.05, 4.69) is 17.1 Å². The number of nitrogens with zero attached hydrogens (tertiary/aromatic N) is 2. The zero-order chi connectivity index (χ0) is 16.1. The molecule has 2 amide bonds. The Bertz CT molecular complexity index is 480. The fourth-order valence-electron chi connectivity index (χ4n) is 3.82. The minimum absolute atomic E-state index is 0.112. The van der Waals surface area contributed by atoms with Crippen LogP contribution in [0.4, 0.5) is 4.79 Å². The molecule has 1 aliphatic heterocycles. The second kappa shape index (κ2) is 7.86. The van der Waals surface area contributed by atoms with Gasteiger partial charge in [0.25, 0.3) is 0 Å². The van der Waals surface area contributed by atoms with Crippen LogP contribution >= 0.6 is 0 Å². The Hall–Kier alpha value is -1.49. The van der Waals surface area contributed by atoms with Crippen molar-refractivity contribution in [2.75, 3.05) is 32.7 Å². The number of hydrogen-bond donors (Lipinski definition) is 1. The smallest absolute Gasteiger partial charge is 0.317 e. The van der Waals surface area contributed by atoms with Crippen molar-refractivity contribution in [2.45, 2.75) is 39.2 Å². The third-order valence-corrected chi connectivity index (χ3v) is 5.21. The lowest BCUT2D eigenvalue weighted by Crippen LogP contribution is -2.52. The lowest BCUT2D eigenvalue weighted by atomic mass is 9.82. The molecule has 5 heteroatoms. The number of hydrogen-bond acceptors (Lipinski definition) is 3. The van der Waals surface area contributed by atoms with Crippen molar-refractivity contribution in [1.82, 2.24) is 15.1 Å². The molecule has 5 nitrogen and oxygen atoms in total. The normalized spacial score (nSPS) is 26.2. The van der Waals surface area contributed by atoms with E-state index in [1.54, 1.807) is 6.26 Å². The first-order chi connectivity index (χ1) is 11.2. The van der Waals surface area contributed by atoms with E-state index in [0.29, 0.717) is 5.92 Å². The number of rotatable bonds is 4. The highest BCUT2D eigenvalue weighted by Crippen LogP contribution is 2.27. The SMILES string of the molecule is CC1CCCC(CNC(=O)N2CCN(Cc3ccco3)CC2)C1. The van der Waals surface area contributed by atoms with E-state index in [1.807, 2.05) is 17.0 Å². The van der Waals surface area contributed by atoms with E-state index in [1.165, 1.54) is 25.7 Å². The van der Waals surface area contributed by atoms with Gasteiger partial charge < -0.3 is 14.6 Å². The third kappa shape index (κ3) is 4.74. The molecule has 2 heterocycles. The highest BCUT2D eigenvalue weighted by molar-refractivity contribution is 5.74. The van der Waals surface area contributed by atoms with Crippen molar-refractivity contribution < 1.29 is 9.21 Å². The Labute approximate surface area is 139 Å². The minimum Gasteiger partial charge on any atom is -0.468 e. The van der Waals surface area contributed by atoms with Crippen molar-refractivity contribution in [3.8, 4) is 0 Å². The van der Waals surface area contributed by atoms with Crippen LogP contribution in [0.5, 0.6) is 0 Å². The maximum atomic E-state index is 12.3. The topological polar surface area (TPSA) is 48.7 Å². The highest BCUT2D eigenvalue weighted by Gasteiger charge is 2.23. The first kappa shape index (κ1) is 16.4. The minimum atomic E-state index is 0.112. The van der Waals surface area contributed by atoms with Gasteiger partial charge in [-0.2, -0.15) is 0 Å². The summed E-state index contributed by atoms with van der Waals surface area (Å²) in [4.78, 5) is 16.6. The molecule has 1 aromatic heterocycles. The Kier molecular flexibility index (Phi) is 5.60. The van der Waals surface area contributed by atoms with E-state index in [-0.39, 0.29) is 6.03 Å².